The molecule has 1 aliphatic heterocycles. The van der Waals surface area contributed by atoms with Gasteiger partial charge in [0.1, 0.15) is 0 Å². The normalized spacial score (nSPS) is 18.6. The van der Waals surface area contributed by atoms with Gasteiger partial charge in [0.05, 0.1) is 5.56 Å². The molecule has 4 heteroatoms. The standard InChI is InChI=1S/C16H25N3O/c1-4-18(5-2)13-10-11-19(12-13)16(20)14-8-6-7-9-15(14)17-3/h6-9,13,17H,4-5,10-12H2,1-3H3. The summed E-state index contributed by atoms with van der Waals surface area (Å²) in [6, 6.07) is 8.23. The highest BCUT2D eigenvalue weighted by molar-refractivity contribution is 5.99. The molecule has 1 saturated heterocycles. The first-order valence-electron chi connectivity index (χ1n) is 7.51. The van der Waals surface area contributed by atoms with Crippen molar-refractivity contribution in [3.8, 4) is 0 Å². The summed E-state index contributed by atoms with van der Waals surface area (Å²) in [6.07, 6.45) is 1.08. The average molecular weight is 275 g/mol. The maximum Gasteiger partial charge on any atom is 0.256 e. The Balaban J connectivity index is 2.08. The van der Waals surface area contributed by atoms with E-state index in [1.54, 1.807) is 0 Å². The Hall–Kier alpha value is -1.55. The molecule has 0 radical (unpaired) electrons. The van der Waals surface area contributed by atoms with Crippen LogP contribution in [-0.2, 0) is 0 Å². The van der Waals surface area contributed by atoms with E-state index in [1.807, 2.05) is 36.2 Å². The van der Waals surface area contributed by atoms with Crippen molar-refractivity contribution < 1.29 is 4.79 Å². The molecule has 1 amide bonds. The maximum atomic E-state index is 12.6. The summed E-state index contributed by atoms with van der Waals surface area (Å²) in [5.41, 5.74) is 1.68. The van der Waals surface area contributed by atoms with E-state index in [-0.39, 0.29) is 5.91 Å². The van der Waals surface area contributed by atoms with Gasteiger partial charge >= 0.3 is 0 Å². The van der Waals surface area contributed by atoms with E-state index in [0.717, 1.165) is 43.9 Å². The van der Waals surface area contributed by atoms with Crippen LogP contribution in [0.25, 0.3) is 0 Å². The number of nitrogens with zero attached hydrogens (tertiary/aromatic N) is 2. The highest BCUT2D eigenvalue weighted by Crippen LogP contribution is 2.21. The number of benzene rings is 1. The summed E-state index contributed by atoms with van der Waals surface area (Å²) in [5, 5.41) is 3.10. The molecule has 1 aromatic carbocycles. The smallest absolute Gasteiger partial charge is 0.256 e. The summed E-state index contributed by atoms with van der Waals surface area (Å²) in [5.74, 6) is 0.143. The molecule has 0 bridgehead atoms. The SMILES string of the molecule is CCN(CC)C1CCN(C(=O)c2ccccc2NC)C1. The lowest BCUT2D eigenvalue weighted by molar-refractivity contribution is 0.0779. The number of hydrogen-bond acceptors (Lipinski definition) is 3. The second-order valence-corrected chi connectivity index (χ2v) is 5.21. The van der Waals surface area contributed by atoms with Crippen LogP contribution in [-0.4, -0.2) is 55.0 Å². The number of rotatable bonds is 5. The van der Waals surface area contributed by atoms with E-state index >= 15 is 0 Å². The average Bonchev–Trinajstić information content (AvgIpc) is 2.97. The van der Waals surface area contributed by atoms with E-state index in [4.69, 9.17) is 0 Å². The number of hydrogen-bond donors (Lipinski definition) is 1. The van der Waals surface area contributed by atoms with Gasteiger partial charge in [0, 0.05) is 31.9 Å². The van der Waals surface area contributed by atoms with E-state index in [2.05, 4.69) is 24.1 Å². The van der Waals surface area contributed by atoms with Crippen LogP contribution in [0.1, 0.15) is 30.6 Å². The molecule has 1 aliphatic rings. The molecule has 1 heterocycles. The number of carbonyl (C=O) groups is 1. The van der Waals surface area contributed by atoms with E-state index < -0.39 is 0 Å². The summed E-state index contributed by atoms with van der Waals surface area (Å²) in [7, 11) is 1.86. The number of carbonyl (C=O) groups excluding carboxylic acids is 1. The molecule has 1 fully saturated rings. The van der Waals surface area contributed by atoms with Crippen molar-refractivity contribution in [1.82, 2.24) is 9.80 Å². The van der Waals surface area contributed by atoms with Gasteiger partial charge in [-0.25, -0.2) is 0 Å². The predicted molar refractivity (Wildman–Crippen MR) is 83.2 cm³/mol. The van der Waals surface area contributed by atoms with E-state index in [0.29, 0.717) is 6.04 Å². The van der Waals surface area contributed by atoms with Crippen LogP contribution in [0.2, 0.25) is 0 Å². The summed E-state index contributed by atoms with van der Waals surface area (Å²) in [4.78, 5) is 17.1. The van der Waals surface area contributed by atoms with Gasteiger partial charge in [-0.2, -0.15) is 0 Å². The quantitative estimate of drug-likeness (QED) is 0.895. The molecule has 0 aliphatic carbocycles. The zero-order chi connectivity index (χ0) is 14.5. The predicted octanol–water partition coefficient (Wildman–Crippen LogP) is 2.28. The third-order valence-corrected chi connectivity index (χ3v) is 4.21. The molecule has 1 atom stereocenters. The lowest BCUT2D eigenvalue weighted by Crippen LogP contribution is -2.38. The third kappa shape index (κ3) is 2.96. The second kappa shape index (κ2) is 6.75. The fourth-order valence-electron chi connectivity index (χ4n) is 3.02. The summed E-state index contributed by atoms with van der Waals surface area (Å²) >= 11 is 0. The Bertz CT molecular complexity index is 457. The van der Waals surface area contributed by atoms with Gasteiger partial charge in [-0.3, -0.25) is 9.69 Å². The molecule has 2 rings (SSSR count). The molecule has 0 spiro atoms. The molecule has 110 valence electrons. The number of para-hydroxylation sites is 1. The monoisotopic (exact) mass is 275 g/mol. The molecule has 20 heavy (non-hydrogen) atoms. The molecule has 4 nitrogen and oxygen atoms in total. The van der Waals surface area contributed by atoms with Crippen LogP contribution >= 0.6 is 0 Å². The number of amides is 1. The van der Waals surface area contributed by atoms with Crippen LogP contribution in [0.3, 0.4) is 0 Å². The zero-order valence-corrected chi connectivity index (χ0v) is 12.7. The van der Waals surface area contributed by atoms with Crippen molar-refractivity contribution in [2.24, 2.45) is 0 Å². The first kappa shape index (κ1) is 14.9. The highest BCUT2D eigenvalue weighted by Gasteiger charge is 2.30. The van der Waals surface area contributed by atoms with Gasteiger partial charge in [0.2, 0.25) is 0 Å². The molecular weight excluding hydrogens is 250 g/mol. The van der Waals surface area contributed by atoms with Gasteiger partial charge in [-0.15, -0.1) is 0 Å². The highest BCUT2D eigenvalue weighted by atomic mass is 16.2. The maximum absolute atomic E-state index is 12.6. The molecule has 1 unspecified atom stereocenters. The Morgan fingerprint density at radius 3 is 2.70 bits per heavy atom. The van der Waals surface area contributed by atoms with Crippen LogP contribution in [0.15, 0.2) is 24.3 Å². The molecule has 0 aromatic heterocycles. The lowest BCUT2D eigenvalue weighted by atomic mass is 10.1. The number of nitrogens with one attached hydrogen (secondary N) is 1. The van der Waals surface area contributed by atoms with Crippen molar-refractivity contribution in [2.45, 2.75) is 26.3 Å². The number of anilines is 1. The Morgan fingerprint density at radius 1 is 1.35 bits per heavy atom. The lowest BCUT2D eigenvalue weighted by Gasteiger charge is -2.26. The molecule has 1 N–H and O–H groups in total. The Kier molecular flexibility index (Phi) is 5.01. The fourth-order valence-corrected chi connectivity index (χ4v) is 3.02. The van der Waals surface area contributed by atoms with Gasteiger partial charge < -0.3 is 10.2 Å². The summed E-state index contributed by atoms with van der Waals surface area (Å²) in [6.45, 7) is 8.18. The van der Waals surface area contributed by atoms with Gasteiger partial charge in [0.25, 0.3) is 5.91 Å². The first-order valence-corrected chi connectivity index (χ1v) is 7.51. The topological polar surface area (TPSA) is 35.6 Å². The van der Waals surface area contributed by atoms with Crippen LogP contribution < -0.4 is 5.32 Å². The summed E-state index contributed by atoms with van der Waals surface area (Å²) < 4.78 is 0. The van der Waals surface area contributed by atoms with Crippen LogP contribution in [0, 0.1) is 0 Å². The molecular formula is C16H25N3O. The van der Waals surface area contributed by atoms with Crippen LogP contribution in [0.5, 0.6) is 0 Å². The second-order valence-electron chi connectivity index (χ2n) is 5.21. The number of likely N-dealkylation sites (N-methyl/N-ethyl adjacent to an activating group) is 1. The van der Waals surface area contributed by atoms with Crippen molar-refractivity contribution in [3.63, 3.8) is 0 Å². The van der Waals surface area contributed by atoms with Crippen molar-refractivity contribution >= 4 is 11.6 Å². The minimum atomic E-state index is 0.143. The van der Waals surface area contributed by atoms with E-state index in [1.165, 1.54) is 0 Å². The van der Waals surface area contributed by atoms with E-state index in [9.17, 15) is 4.79 Å². The zero-order valence-electron chi connectivity index (χ0n) is 12.7. The minimum absolute atomic E-state index is 0.143. The van der Waals surface area contributed by atoms with Crippen molar-refractivity contribution in [1.29, 1.82) is 0 Å². The fraction of sp³-hybridized carbons (Fsp3) is 0.562. The first-order chi connectivity index (χ1) is 9.71. The largest absolute Gasteiger partial charge is 0.387 e. The van der Waals surface area contributed by atoms with Gasteiger partial charge in [0.15, 0.2) is 0 Å². The number of likely N-dealkylation sites (tertiary alicyclic amines) is 1. The van der Waals surface area contributed by atoms with Gasteiger partial charge in [-0.05, 0) is 31.6 Å². The Labute approximate surface area is 121 Å². The van der Waals surface area contributed by atoms with Crippen molar-refractivity contribution in [3.05, 3.63) is 29.8 Å². The molecule has 1 aromatic rings. The molecule has 0 saturated carbocycles. The van der Waals surface area contributed by atoms with Crippen LogP contribution in [0.4, 0.5) is 5.69 Å². The van der Waals surface area contributed by atoms with Crippen molar-refractivity contribution in [2.75, 3.05) is 38.5 Å². The van der Waals surface area contributed by atoms with Gasteiger partial charge in [-0.1, -0.05) is 26.0 Å². The minimum Gasteiger partial charge on any atom is -0.387 e. The Morgan fingerprint density at radius 2 is 2.05 bits per heavy atom. The third-order valence-electron chi connectivity index (χ3n) is 4.21.